The maximum Gasteiger partial charge on any atom is 0.0587 e. The highest BCUT2D eigenvalue weighted by Gasteiger charge is 2.02. The molecule has 0 radical (unpaired) electrons. The Morgan fingerprint density at radius 2 is 1.87 bits per heavy atom. The monoisotopic (exact) mass is 207 g/mol. The van der Waals surface area contributed by atoms with Crippen LogP contribution < -0.4 is 16.6 Å². The zero-order valence-corrected chi connectivity index (χ0v) is 9.85. The summed E-state index contributed by atoms with van der Waals surface area (Å²) >= 11 is 0. The zero-order valence-electron chi connectivity index (χ0n) is 9.85. The number of rotatable bonds is 5. The van der Waals surface area contributed by atoms with Gasteiger partial charge in [-0.2, -0.15) is 0 Å². The van der Waals surface area contributed by atoms with E-state index in [1.165, 1.54) is 22.3 Å². The smallest absolute Gasteiger partial charge is 0.0587 e. The molecule has 1 rings (SSSR count). The Balaban J connectivity index is 2.58. The number of hydrogen-bond donors (Lipinski definition) is 3. The molecule has 3 heteroatoms. The third kappa shape index (κ3) is 3.30. The van der Waals surface area contributed by atoms with E-state index in [9.17, 15) is 0 Å². The van der Waals surface area contributed by atoms with E-state index in [4.69, 9.17) is 5.84 Å². The topological polar surface area (TPSA) is 50.1 Å². The number of aryl methyl sites for hydroxylation is 1. The van der Waals surface area contributed by atoms with Crippen LogP contribution in [0.2, 0.25) is 0 Å². The van der Waals surface area contributed by atoms with Crippen molar-refractivity contribution in [3.63, 3.8) is 0 Å². The first-order valence-corrected chi connectivity index (χ1v) is 5.36. The molecule has 0 bridgehead atoms. The van der Waals surface area contributed by atoms with Crippen molar-refractivity contribution < 1.29 is 0 Å². The highest BCUT2D eigenvalue weighted by atomic mass is 15.3. The van der Waals surface area contributed by atoms with Gasteiger partial charge in [-0.25, -0.2) is 5.43 Å². The van der Waals surface area contributed by atoms with Crippen molar-refractivity contribution in [3.05, 3.63) is 34.4 Å². The van der Waals surface area contributed by atoms with E-state index < -0.39 is 0 Å². The molecular weight excluding hydrogens is 186 g/mol. The van der Waals surface area contributed by atoms with E-state index in [2.05, 4.69) is 43.6 Å². The highest BCUT2D eigenvalue weighted by molar-refractivity contribution is 5.38. The summed E-state index contributed by atoms with van der Waals surface area (Å²) in [5.41, 5.74) is 8.19. The van der Waals surface area contributed by atoms with Crippen molar-refractivity contribution in [2.45, 2.75) is 27.2 Å². The fraction of sp³-hybridized carbons (Fsp3) is 0.500. The van der Waals surface area contributed by atoms with Crippen LogP contribution >= 0.6 is 0 Å². The lowest BCUT2D eigenvalue weighted by Gasteiger charge is -2.11. The normalized spacial score (nSPS) is 10.7. The molecule has 0 heterocycles. The average Bonchev–Trinajstić information content (AvgIpc) is 2.24. The standard InChI is InChI=1S/C12H21N3/c1-9-4-5-12(11(3)10(9)2)6-7-14-8-15-13/h4-5,14-15H,6-8,13H2,1-3H3. The molecule has 0 aliphatic rings. The first kappa shape index (κ1) is 12.2. The van der Waals surface area contributed by atoms with Crippen molar-refractivity contribution in [1.82, 2.24) is 10.7 Å². The summed E-state index contributed by atoms with van der Waals surface area (Å²) in [5.74, 6) is 5.17. The molecule has 0 unspecified atom stereocenters. The van der Waals surface area contributed by atoms with Crippen LogP contribution in [-0.4, -0.2) is 13.2 Å². The van der Waals surface area contributed by atoms with E-state index in [1.54, 1.807) is 0 Å². The van der Waals surface area contributed by atoms with Crippen molar-refractivity contribution >= 4 is 0 Å². The summed E-state index contributed by atoms with van der Waals surface area (Å²) < 4.78 is 0. The minimum absolute atomic E-state index is 0.657. The Bertz CT molecular complexity index is 321. The molecule has 84 valence electrons. The van der Waals surface area contributed by atoms with Gasteiger partial charge in [0.1, 0.15) is 0 Å². The van der Waals surface area contributed by atoms with Gasteiger partial charge in [-0.1, -0.05) is 12.1 Å². The molecule has 0 amide bonds. The summed E-state index contributed by atoms with van der Waals surface area (Å²) in [4.78, 5) is 0. The van der Waals surface area contributed by atoms with Gasteiger partial charge < -0.3 is 5.32 Å². The summed E-state index contributed by atoms with van der Waals surface area (Å²) in [5, 5.41) is 3.21. The fourth-order valence-corrected chi connectivity index (χ4v) is 1.67. The van der Waals surface area contributed by atoms with Gasteiger partial charge in [0.05, 0.1) is 6.67 Å². The first-order chi connectivity index (χ1) is 7.16. The Hall–Kier alpha value is -0.900. The van der Waals surface area contributed by atoms with Crippen LogP contribution in [-0.2, 0) is 6.42 Å². The van der Waals surface area contributed by atoms with Gasteiger partial charge in [-0.15, -0.1) is 0 Å². The molecular formula is C12H21N3. The van der Waals surface area contributed by atoms with Crippen molar-refractivity contribution in [1.29, 1.82) is 0 Å². The van der Waals surface area contributed by atoms with Crippen molar-refractivity contribution in [2.75, 3.05) is 13.2 Å². The quantitative estimate of drug-likeness (QED) is 0.294. The van der Waals surface area contributed by atoms with Crippen LogP contribution in [0.4, 0.5) is 0 Å². The molecule has 3 nitrogen and oxygen atoms in total. The van der Waals surface area contributed by atoms with Crippen molar-refractivity contribution in [2.24, 2.45) is 5.84 Å². The van der Waals surface area contributed by atoms with Gasteiger partial charge in [0.25, 0.3) is 0 Å². The molecule has 0 aliphatic carbocycles. The van der Waals surface area contributed by atoms with Crippen LogP contribution in [0.15, 0.2) is 12.1 Å². The molecule has 0 fully saturated rings. The highest BCUT2D eigenvalue weighted by Crippen LogP contribution is 2.17. The zero-order chi connectivity index (χ0) is 11.3. The lowest BCUT2D eigenvalue weighted by atomic mass is 9.97. The van der Waals surface area contributed by atoms with E-state index in [0.29, 0.717) is 6.67 Å². The number of hydrogen-bond acceptors (Lipinski definition) is 3. The van der Waals surface area contributed by atoms with Crippen LogP contribution in [0.25, 0.3) is 0 Å². The summed E-state index contributed by atoms with van der Waals surface area (Å²) in [7, 11) is 0. The second kappa shape index (κ2) is 5.85. The maximum absolute atomic E-state index is 5.17. The van der Waals surface area contributed by atoms with Crippen LogP contribution in [0.5, 0.6) is 0 Å². The van der Waals surface area contributed by atoms with Gasteiger partial charge >= 0.3 is 0 Å². The molecule has 1 aromatic carbocycles. The van der Waals surface area contributed by atoms with E-state index in [-0.39, 0.29) is 0 Å². The second-order valence-electron chi connectivity index (χ2n) is 3.92. The molecule has 0 saturated carbocycles. The summed E-state index contributed by atoms with van der Waals surface area (Å²) in [6, 6.07) is 4.41. The van der Waals surface area contributed by atoms with E-state index >= 15 is 0 Å². The lowest BCUT2D eigenvalue weighted by Crippen LogP contribution is -2.34. The minimum atomic E-state index is 0.657. The van der Waals surface area contributed by atoms with Gasteiger partial charge in [-0.3, -0.25) is 5.84 Å². The fourth-order valence-electron chi connectivity index (χ4n) is 1.67. The molecule has 0 atom stereocenters. The number of hydrazine groups is 1. The summed E-state index contributed by atoms with van der Waals surface area (Å²) in [6.07, 6.45) is 1.05. The summed E-state index contributed by atoms with van der Waals surface area (Å²) in [6.45, 7) is 8.14. The molecule has 4 N–H and O–H groups in total. The molecule has 0 saturated heterocycles. The van der Waals surface area contributed by atoms with Crippen LogP contribution in [0.3, 0.4) is 0 Å². The largest absolute Gasteiger partial charge is 0.303 e. The number of nitrogens with two attached hydrogens (primary N) is 1. The minimum Gasteiger partial charge on any atom is -0.303 e. The van der Waals surface area contributed by atoms with Gasteiger partial charge in [-0.05, 0) is 49.4 Å². The molecule has 0 spiro atoms. The number of benzene rings is 1. The Morgan fingerprint density at radius 1 is 1.13 bits per heavy atom. The lowest BCUT2D eigenvalue weighted by molar-refractivity contribution is 0.601. The third-order valence-corrected chi connectivity index (χ3v) is 2.97. The number of nitrogens with one attached hydrogen (secondary N) is 2. The Labute approximate surface area is 92.0 Å². The van der Waals surface area contributed by atoms with Gasteiger partial charge in [0.15, 0.2) is 0 Å². The van der Waals surface area contributed by atoms with Crippen LogP contribution in [0.1, 0.15) is 22.3 Å². The SMILES string of the molecule is Cc1ccc(CCNCNN)c(C)c1C. The third-order valence-electron chi connectivity index (χ3n) is 2.97. The predicted molar refractivity (Wildman–Crippen MR) is 64.5 cm³/mol. The predicted octanol–water partition coefficient (Wildman–Crippen LogP) is 1.16. The molecule has 0 aliphatic heterocycles. The van der Waals surface area contributed by atoms with E-state index in [1.807, 2.05) is 0 Å². The average molecular weight is 207 g/mol. The van der Waals surface area contributed by atoms with Crippen molar-refractivity contribution in [3.8, 4) is 0 Å². The molecule has 0 aromatic heterocycles. The second-order valence-corrected chi connectivity index (χ2v) is 3.92. The Morgan fingerprint density at radius 3 is 2.53 bits per heavy atom. The van der Waals surface area contributed by atoms with E-state index in [0.717, 1.165) is 13.0 Å². The van der Waals surface area contributed by atoms with Gasteiger partial charge in [0.2, 0.25) is 0 Å². The molecule has 1 aromatic rings. The molecule has 15 heavy (non-hydrogen) atoms. The maximum atomic E-state index is 5.17. The van der Waals surface area contributed by atoms with Crippen LogP contribution in [0, 0.1) is 20.8 Å². The Kier molecular flexibility index (Phi) is 4.75. The first-order valence-electron chi connectivity index (χ1n) is 5.36. The van der Waals surface area contributed by atoms with Gasteiger partial charge in [0, 0.05) is 6.54 Å².